The molecular formula is C19H14BrNO4. The number of rotatable bonds is 4. The summed E-state index contributed by atoms with van der Waals surface area (Å²) >= 11 is 3.38. The molecule has 0 N–H and O–H groups in total. The predicted octanol–water partition coefficient (Wildman–Crippen LogP) is 3.45. The lowest BCUT2D eigenvalue weighted by Gasteiger charge is -2.29. The molecule has 6 heteroatoms. The number of anilines is 1. The van der Waals surface area contributed by atoms with E-state index in [0.717, 1.165) is 4.47 Å². The Morgan fingerprint density at radius 1 is 1.16 bits per heavy atom. The van der Waals surface area contributed by atoms with Crippen LogP contribution in [0.1, 0.15) is 22.0 Å². The number of ketones is 1. The molecule has 0 unspecified atom stereocenters. The van der Waals surface area contributed by atoms with E-state index in [4.69, 9.17) is 4.74 Å². The number of methoxy groups -OCH3 is 1. The Balaban J connectivity index is 2.19. The van der Waals surface area contributed by atoms with E-state index in [9.17, 15) is 14.4 Å². The van der Waals surface area contributed by atoms with Gasteiger partial charge in [-0.1, -0.05) is 46.8 Å². The van der Waals surface area contributed by atoms with Crippen molar-refractivity contribution in [3.63, 3.8) is 0 Å². The maximum atomic E-state index is 12.6. The van der Waals surface area contributed by atoms with Crippen molar-refractivity contribution in [2.75, 3.05) is 12.0 Å². The lowest BCUT2D eigenvalue weighted by Crippen LogP contribution is -2.36. The van der Waals surface area contributed by atoms with Crippen molar-refractivity contribution >= 4 is 39.3 Å². The Labute approximate surface area is 153 Å². The highest BCUT2D eigenvalue weighted by Gasteiger charge is 2.42. The summed E-state index contributed by atoms with van der Waals surface area (Å²) in [4.78, 5) is 38.4. The molecule has 25 heavy (non-hydrogen) atoms. The van der Waals surface area contributed by atoms with Crippen molar-refractivity contribution in [3.05, 3.63) is 76.3 Å². The van der Waals surface area contributed by atoms with Gasteiger partial charge in [-0.3, -0.25) is 14.5 Å². The highest BCUT2D eigenvalue weighted by molar-refractivity contribution is 9.10. The summed E-state index contributed by atoms with van der Waals surface area (Å²) in [6, 6.07) is 13.0. The van der Waals surface area contributed by atoms with Crippen molar-refractivity contribution in [2.45, 2.75) is 6.04 Å². The number of para-hydroxylation sites is 1. The number of nitrogens with zero attached hydrogens (tertiary/aromatic N) is 1. The van der Waals surface area contributed by atoms with E-state index in [0.29, 0.717) is 16.8 Å². The summed E-state index contributed by atoms with van der Waals surface area (Å²) in [6.07, 6.45) is 0. The van der Waals surface area contributed by atoms with Gasteiger partial charge in [-0.15, -0.1) is 0 Å². The van der Waals surface area contributed by atoms with E-state index in [2.05, 4.69) is 22.5 Å². The second-order valence-corrected chi connectivity index (χ2v) is 6.41. The second kappa shape index (κ2) is 6.64. The fourth-order valence-corrected chi connectivity index (χ4v) is 3.31. The van der Waals surface area contributed by atoms with E-state index in [1.54, 1.807) is 42.5 Å². The number of halogens is 1. The lowest BCUT2D eigenvalue weighted by molar-refractivity contribution is -0.136. The molecule has 1 aliphatic heterocycles. The number of hydrogen-bond donors (Lipinski definition) is 0. The van der Waals surface area contributed by atoms with Crippen molar-refractivity contribution in [2.24, 2.45) is 0 Å². The van der Waals surface area contributed by atoms with Crippen LogP contribution in [0.15, 0.2) is 65.2 Å². The van der Waals surface area contributed by atoms with Gasteiger partial charge < -0.3 is 4.74 Å². The Morgan fingerprint density at radius 2 is 1.88 bits per heavy atom. The minimum absolute atomic E-state index is 0.0680. The Bertz CT molecular complexity index is 906. The number of benzene rings is 2. The van der Waals surface area contributed by atoms with E-state index in [-0.39, 0.29) is 5.57 Å². The molecule has 3 rings (SSSR count). The van der Waals surface area contributed by atoms with Gasteiger partial charge in [-0.05, 0) is 29.8 Å². The zero-order valence-electron chi connectivity index (χ0n) is 13.4. The van der Waals surface area contributed by atoms with Crippen molar-refractivity contribution in [1.82, 2.24) is 0 Å². The topological polar surface area (TPSA) is 63.7 Å². The molecule has 0 spiro atoms. The quantitative estimate of drug-likeness (QED) is 0.448. The number of carbonyl (C=O) groups excluding carboxylic acids is 3. The Hall–Kier alpha value is -2.73. The molecule has 0 bridgehead atoms. The van der Waals surface area contributed by atoms with Crippen LogP contribution in [-0.2, 0) is 14.3 Å². The number of hydrogen-bond acceptors (Lipinski definition) is 4. The molecule has 2 aromatic rings. The largest absolute Gasteiger partial charge is 0.466 e. The van der Waals surface area contributed by atoms with Gasteiger partial charge >= 0.3 is 5.97 Å². The van der Waals surface area contributed by atoms with Crippen molar-refractivity contribution in [1.29, 1.82) is 0 Å². The monoisotopic (exact) mass is 399 g/mol. The van der Waals surface area contributed by atoms with Gasteiger partial charge in [0.05, 0.1) is 30.0 Å². The van der Waals surface area contributed by atoms with Gasteiger partial charge in [0.25, 0.3) is 11.7 Å². The molecule has 0 saturated carbocycles. The first-order valence-corrected chi connectivity index (χ1v) is 8.24. The molecule has 126 valence electrons. The van der Waals surface area contributed by atoms with Crippen LogP contribution >= 0.6 is 15.9 Å². The van der Waals surface area contributed by atoms with Gasteiger partial charge in [-0.2, -0.15) is 0 Å². The minimum atomic E-state index is -0.843. The minimum Gasteiger partial charge on any atom is -0.466 e. The SMILES string of the molecule is C=C(C(=O)OC)[C@H](c1cccc(Br)c1)N1C(=O)C(=O)c2ccccc21. The molecule has 1 amide bonds. The fourth-order valence-electron chi connectivity index (χ4n) is 2.89. The molecule has 5 nitrogen and oxygen atoms in total. The molecule has 2 aromatic carbocycles. The van der Waals surface area contributed by atoms with Crippen LogP contribution in [0.2, 0.25) is 0 Å². The number of amides is 1. The average molecular weight is 400 g/mol. The Morgan fingerprint density at radius 3 is 2.56 bits per heavy atom. The third kappa shape index (κ3) is 2.89. The van der Waals surface area contributed by atoms with Crippen LogP contribution in [-0.4, -0.2) is 24.8 Å². The summed E-state index contributed by atoms with van der Waals surface area (Å²) < 4.78 is 5.56. The molecule has 1 aliphatic rings. The van der Waals surface area contributed by atoms with E-state index < -0.39 is 23.7 Å². The van der Waals surface area contributed by atoms with E-state index in [1.807, 2.05) is 6.07 Å². The van der Waals surface area contributed by atoms with Crippen LogP contribution in [0.5, 0.6) is 0 Å². The van der Waals surface area contributed by atoms with Crippen LogP contribution in [0.25, 0.3) is 0 Å². The standard InChI is InChI=1S/C19H14BrNO4/c1-11(19(24)25-2)16(12-6-5-7-13(20)10-12)21-15-9-4-3-8-14(15)17(22)18(21)23/h3-10,16H,1H2,2H3/t16-/m1/s1. The number of ether oxygens (including phenoxy) is 1. The van der Waals surface area contributed by atoms with Crippen LogP contribution in [0.3, 0.4) is 0 Å². The van der Waals surface area contributed by atoms with Crippen LogP contribution in [0.4, 0.5) is 5.69 Å². The van der Waals surface area contributed by atoms with Crippen LogP contribution < -0.4 is 4.90 Å². The van der Waals surface area contributed by atoms with Gasteiger partial charge in [0.15, 0.2) is 0 Å². The highest BCUT2D eigenvalue weighted by atomic mass is 79.9. The maximum absolute atomic E-state index is 12.6. The van der Waals surface area contributed by atoms with Gasteiger partial charge in [0.1, 0.15) is 0 Å². The summed E-state index contributed by atoms with van der Waals surface area (Å²) in [6.45, 7) is 3.81. The zero-order valence-corrected chi connectivity index (χ0v) is 14.9. The summed E-state index contributed by atoms with van der Waals surface area (Å²) in [5.74, 6) is -1.95. The zero-order chi connectivity index (χ0) is 18.1. The lowest BCUT2D eigenvalue weighted by atomic mass is 9.97. The third-order valence-corrected chi connectivity index (χ3v) is 4.51. The van der Waals surface area contributed by atoms with Crippen molar-refractivity contribution < 1.29 is 19.1 Å². The van der Waals surface area contributed by atoms with Crippen LogP contribution in [0, 0.1) is 0 Å². The summed E-state index contributed by atoms with van der Waals surface area (Å²) in [5.41, 5.74) is 1.47. The predicted molar refractivity (Wildman–Crippen MR) is 96.3 cm³/mol. The maximum Gasteiger partial charge on any atom is 0.335 e. The molecular weight excluding hydrogens is 386 g/mol. The second-order valence-electron chi connectivity index (χ2n) is 5.50. The van der Waals surface area contributed by atoms with Gasteiger partial charge in [0, 0.05) is 4.47 Å². The molecule has 1 atom stereocenters. The molecule has 0 fully saturated rings. The highest BCUT2D eigenvalue weighted by Crippen LogP contribution is 2.39. The summed E-state index contributed by atoms with van der Waals surface area (Å²) in [7, 11) is 1.25. The van der Waals surface area contributed by atoms with E-state index >= 15 is 0 Å². The number of Topliss-reactive ketones (excluding diaryl/α,β-unsaturated/α-hetero) is 1. The third-order valence-electron chi connectivity index (χ3n) is 4.02. The molecule has 0 saturated heterocycles. The first-order chi connectivity index (χ1) is 12.0. The Kier molecular flexibility index (Phi) is 4.55. The fraction of sp³-hybridized carbons (Fsp3) is 0.105. The first-order valence-electron chi connectivity index (χ1n) is 7.45. The van der Waals surface area contributed by atoms with E-state index in [1.165, 1.54) is 12.0 Å². The molecule has 0 aliphatic carbocycles. The molecule has 0 radical (unpaired) electrons. The van der Waals surface area contributed by atoms with Crippen molar-refractivity contribution in [3.8, 4) is 0 Å². The number of esters is 1. The average Bonchev–Trinajstić information content (AvgIpc) is 2.87. The number of fused-ring (bicyclic) bond motifs is 1. The van der Waals surface area contributed by atoms with Gasteiger partial charge in [0.2, 0.25) is 0 Å². The molecule has 1 heterocycles. The number of carbonyl (C=O) groups is 3. The normalized spacial score (nSPS) is 14.2. The first kappa shape index (κ1) is 17.1. The smallest absolute Gasteiger partial charge is 0.335 e. The summed E-state index contributed by atoms with van der Waals surface area (Å²) in [5, 5.41) is 0. The van der Waals surface area contributed by atoms with Gasteiger partial charge in [-0.25, -0.2) is 4.79 Å². The molecule has 0 aromatic heterocycles.